The summed E-state index contributed by atoms with van der Waals surface area (Å²) in [6, 6.07) is 12.2. The monoisotopic (exact) mass is 410 g/mol. The van der Waals surface area contributed by atoms with Crippen molar-refractivity contribution in [2.75, 3.05) is 11.9 Å². The van der Waals surface area contributed by atoms with Crippen molar-refractivity contribution in [3.63, 3.8) is 0 Å². The Morgan fingerprint density at radius 1 is 1.07 bits per heavy atom. The Hall–Kier alpha value is -3.68. The van der Waals surface area contributed by atoms with E-state index in [1.165, 1.54) is 18.4 Å². The van der Waals surface area contributed by atoms with Gasteiger partial charge in [-0.2, -0.15) is 0 Å². The van der Waals surface area contributed by atoms with Crippen LogP contribution in [0.2, 0.25) is 0 Å². The number of benzene rings is 2. The van der Waals surface area contributed by atoms with Crippen molar-refractivity contribution >= 4 is 17.6 Å². The summed E-state index contributed by atoms with van der Waals surface area (Å²) >= 11 is 0. The van der Waals surface area contributed by atoms with Crippen LogP contribution in [-0.2, 0) is 6.42 Å². The fraction of sp³-hybridized carbons (Fsp3) is 0.227. The van der Waals surface area contributed by atoms with Crippen LogP contribution in [0.15, 0.2) is 59.2 Å². The van der Waals surface area contributed by atoms with Gasteiger partial charge in [0.05, 0.1) is 5.69 Å². The molecule has 3 N–H and O–H groups in total. The first-order valence-corrected chi connectivity index (χ1v) is 9.57. The van der Waals surface area contributed by atoms with Crippen LogP contribution in [0.4, 0.5) is 14.9 Å². The molecule has 30 heavy (non-hydrogen) atoms. The smallest absolute Gasteiger partial charge is 0.319 e. The average Bonchev–Trinajstić information content (AvgIpc) is 3.17. The molecule has 3 rings (SSSR count). The van der Waals surface area contributed by atoms with Crippen molar-refractivity contribution in [3.8, 4) is 11.5 Å². The van der Waals surface area contributed by atoms with E-state index in [-0.39, 0.29) is 23.8 Å². The third-order valence-corrected chi connectivity index (χ3v) is 4.13. The molecule has 0 bridgehead atoms. The molecule has 156 valence electrons. The molecule has 1 aromatic heterocycles. The van der Waals surface area contributed by atoms with Gasteiger partial charge in [0.1, 0.15) is 12.1 Å². The highest BCUT2D eigenvalue weighted by Crippen LogP contribution is 2.19. The SMILES string of the molecule is CC(C)NC(=O)c1ccc(NC(=O)NCCc2coc(-c3ccc(F)cc3)n2)cc1. The molecule has 0 aliphatic rings. The lowest BCUT2D eigenvalue weighted by atomic mass is 10.2. The molecule has 0 spiro atoms. The summed E-state index contributed by atoms with van der Waals surface area (Å²) in [6.45, 7) is 4.14. The zero-order chi connectivity index (χ0) is 21.5. The fourth-order valence-electron chi connectivity index (χ4n) is 2.68. The van der Waals surface area contributed by atoms with Crippen molar-refractivity contribution in [2.45, 2.75) is 26.3 Å². The molecule has 2 aromatic carbocycles. The number of hydrogen-bond acceptors (Lipinski definition) is 4. The molecule has 0 fully saturated rings. The summed E-state index contributed by atoms with van der Waals surface area (Å²) in [5.41, 5.74) is 2.46. The highest BCUT2D eigenvalue weighted by Gasteiger charge is 2.09. The molecule has 0 radical (unpaired) electrons. The number of nitrogens with one attached hydrogen (secondary N) is 3. The maximum atomic E-state index is 13.0. The van der Waals surface area contributed by atoms with E-state index in [1.807, 2.05) is 13.8 Å². The molecular weight excluding hydrogens is 387 g/mol. The number of hydrogen-bond donors (Lipinski definition) is 3. The molecule has 0 atom stereocenters. The molecular formula is C22H23FN4O3. The third kappa shape index (κ3) is 5.91. The van der Waals surface area contributed by atoms with E-state index in [4.69, 9.17) is 4.42 Å². The minimum Gasteiger partial charge on any atom is -0.444 e. The van der Waals surface area contributed by atoms with E-state index in [9.17, 15) is 14.0 Å². The van der Waals surface area contributed by atoms with Crippen molar-refractivity contribution in [3.05, 3.63) is 71.9 Å². The number of carbonyl (C=O) groups excluding carboxylic acids is 2. The highest BCUT2D eigenvalue weighted by molar-refractivity contribution is 5.95. The third-order valence-electron chi connectivity index (χ3n) is 4.13. The quantitative estimate of drug-likeness (QED) is 0.549. The Labute approximate surface area is 173 Å². The molecule has 0 aliphatic heterocycles. The summed E-state index contributed by atoms with van der Waals surface area (Å²) in [5.74, 6) is -0.0844. The number of nitrogens with zero attached hydrogens (tertiary/aromatic N) is 1. The predicted octanol–water partition coefficient (Wildman–Crippen LogP) is 3.98. The van der Waals surface area contributed by atoms with Crippen molar-refractivity contribution in [1.29, 1.82) is 0 Å². The van der Waals surface area contributed by atoms with E-state index >= 15 is 0 Å². The second kappa shape index (κ2) is 9.69. The standard InChI is InChI=1S/C22H23FN4O3/c1-14(2)25-20(28)15-5-9-18(10-6-15)27-22(29)24-12-11-19-13-30-21(26-19)16-3-7-17(23)8-4-16/h3-10,13-14H,11-12H2,1-2H3,(H,25,28)(H2,24,27,29). The Bertz CT molecular complexity index is 998. The van der Waals surface area contributed by atoms with Crippen molar-refractivity contribution in [1.82, 2.24) is 15.6 Å². The van der Waals surface area contributed by atoms with Gasteiger partial charge in [-0.05, 0) is 62.4 Å². The Morgan fingerprint density at radius 2 is 1.77 bits per heavy atom. The lowest BCUT2D eigenvalue weighted by Gasteiger charge is -2.10. The van der Waals surface area contributed by atoms with Gasteiger partial charge < -0.3 is 20.4 Å². The number of amides is 3. The lowest BCUT2D eigenvalue weighted by molar-refractivity contribution is 0.0943. The van der Waals surface area contributed by atoms with Crippen LogP contribution >= 0.6 is 0 Å². The second-order valence-electron chi connectivity index (χ2n) is 6.99. The Kier molecular flexibility index (Phi) is 6.79. The molecule has 3 aromatic rings. The second-order valence-corrected chi connectivity index (χ2v) is 6.99. The van der Waals surface area contributed by atoms with Crippen molar-refractivity contribution in [2.24, 2.45) is 0 Å². The largest absolute Gasteiger partial charge is 0.444 e. The summed E-state index contributed by atoms with van der Waals surface area (Å²) in [7, 11) is 0. The van der Waals surface area contributed by atoms with E-state index < -0.39 is 0 Å². The number of aromatic nitrogens is 1. The van der Waals surface area contributed by atoms with E-state index in [2.05, 4.69) is 20.9 Å². The van der Waals surface area contributed by atoms with Gasteiger partial charge in [-0.25, -0.2) is 14.2 Å². The van der Waals surface area contributed by atoms with Gasteiger partial charge in [0.25, 0.3) is 5.91 Å². The number of carbonyl (C=O) groups is 2. The van der Waals surface area contributed by atoms with Crippen LogP contribution in [0.1, 0.15) is 29.9 Å². The van der Waals surface area contributed by atoms with Crippen LogP contribution in [0.5, 0.6) is 0 Å². The molecule has 1 heterocycles. The van der Waals surface area contributed by atoms with Crippen molar-refractivity contribution < 1.29 is 18.4 Å². The summed E-state index contributed by atoms with van der Waals surface area (Å²) in [5, 5.41) is 8.26. The van der Waals surface area contributed by atoms with Crippen LogP contribution in [0, 0.1) is 5.82 Å². The number of rotatable bonds is 7. The minimum absolute atomic E-state index is 0.0533. The highest BCUT2D eigenvalue weighted by atomic mass is 19.1. The first kappa shape index (κ1) is 21.0. The Morgan fingerprint density at radius 3 is 2.43 bits per heavy atom. The summed E-state index contributed by atoms with van der Waals surface area (Å²) < 4.78 is 18.4. The number of oxazole rings is 1. The maximum Gasteiger partial charge on any atom is 0.319 e. The first-order valence-electron chi connectivity index (χ1n) is 9.57. The maximum absolute atomic E-state index is 13.0. The Balaban J connectivity index is 1.45. The molecule has 0 saturated carbocycles. The van der Waals surface area contributed by atoms with Gasteiger partial charge in [-0.3, -0.25) is 4.79 Å². The molecule has 8 heteroatoms. The predicted molar refractivity (Wildman–Crippen MR) is 112 cm³/mol. The fourth-order valence-corrected chi connectivity index (χ4v) is 2.68. The van der Waals surface area contributed by atoms with Gasteiger partial charge in [-0.15, -0.1) is 0 Å². The van der Waals surface area contributed by atoms with Crippen LogP contribution < -0.4 is 16.0 Å². The minimum atomic E-state index is -0.364. The topological polar surface area (TPSA) is 96.3 Å². The van der Waals surface area contributed by atoms with Crippen LogP contribution in [0.3, 0.4) is 0 Å². The first-order chi connectivity index (χ1) is 14.4. The molecule has 0 unspecified atom stereocenters. The normalized spacial score (nSPS) is 10.7. The van der Waals surface area contributed by atoms with Crippen LogP contribution in [-0.4, -0.2) is 29.5 Å². The van der Waals surface area contributed by atoms with Gasteiger partial charge in [0, 0.05) is 35.8 Å². The van der Waals surface area contributed by atoms with Gasteiger partial charge >= 0.3 is 6.03 Å². The van der Waals surface area contributed by atoms with E-state index in [0.717, 1.165) is 0 Å². The molecule has 0 saturated heterocycles. The van der Waals surface area contributed by atoms with Gasteiger partial charge in [0.2, 0.25) is 5.89 Å². The zero-order valence-corrected chi connectivity index (χ0v) is 16.7. The van der Waals surface area contributed by atoms with E-state index in [0.29, 0.717) is 41.4 Å². The van der Waals surface area contributed by atoms with E-state index in [1.54, 1.807) is 36.4 Å². The molecule has 7 nitrogen and oxygen atoms in total. The lowest BCUT2D eigenvalue weighted by Crippen LogP contribution is -2.31. The summed E-state index contributed by atoms with van der Waals surface area (Å²) in [4.78, 5) is 28.3. The molecule has 0 aliphatic carbocycles. The number of anilines is 1. The molecule has 3 amide bonds. The van der Waals surface area contributed by atoms with Gasteiger partial charge in [0.15, 0.2) is 0 Å². The summed E-state index contributed by atoms with van der Waals surface area (Å²) in [6.07, 6.45) is 1.99. The average molecular weight is 410 g/mol. The number of halogens is 1. The zero-order valence-electron chi connectivity index (χ0n) is 16.7. The van der Waals surface area contributed by atoms with Gasteiger partial charge in [-0.1, -0.05) is 0 Å². The van der Waals surface area contributed by atoms with Crippen LogP contribution in [0.25, 0.3) is 11.5 Å². The number of urea groups is 1.